The fourth-order valence-corrected chi connectivity index (χ4v) is 3.94. The maximum Gasteiger partial charge on any atom is 0.339 e. The van der Waals surface area contributed by atoms with Crippen LogP contribution in [-0.2, 0) is 0 Å². The number of urea groups is 1. The van der Waals surface area contributed by atoms with Crippen LogP contribution in [0.5, 0.6) is 5.75 Å². The standard InChI is InChI=1S/C19H21N5O3/c1-21-19(26)23-9-6-14(11-17(23)20-21)24-12-27-16-10-13(4-5-15(16)24)18(25)22-7-2-3-8-22/h4-6,9-11,17,20H,2-3,7-8,12H2,1H3. The first-order valence-corrected chi connectivity index (χ1v) is 9.18. The number of ether oxygens (including phenoxy) is 1. The van der Waals surface area contributed by atoms with Gasteiger partial charge in [0.25, 0.3) is 5.91 Å². The number of carbonyl (C=O) groups is 2. The Balaban J connectivity index is 1.39. The van der Waals surface area contributed by atoms with Crippen LogP contribution in [0.3, 0.4) is 0 Å². The Morgan fingerprint density at radius 3 is 2.89 bits per heavy atom. The maximum atomic E-state index is 12.6. The van der Waals surface area contributed by atoms with Gasteiger partial charge in [0.15, 0.2) is 6.73 Å². The highest BCUT2D eigenvalue weighted by Gasteiger charge is 2.35. The van der Waals surface area contributed by atoms with Crippen LogP contribution in [0.1, 0.15) is 23.2 Å². The Morgan fingerprint density at radius 2 is 2.07 bits per heavy atom. The Labute approximate surface area is 157 Å². The van der Waals surface area contributed by atoms with E-state index in [1.54, 1.807) is 18.1 Å². The van der Waals surface area contributed by atoms with Crippen molar-refractivity contribution in [1.82, 2.24) is 20.2 Å². The van der Waals surface area contributed by atoms with Gasteiger partial charge >= 0.3 is 6.03 Å². The topological polar surface area (TPSA) is 68.4 Å². The fourth-order valence-electron chi connectivity index (χ4n) is 3.94. The molecule has 0 saturated carbocycles. The summed E-state index contributed by atoms with van der Waals surface area (Å²) in [5.41, 5.74) is 5.65. The molecule has 0 radical (unpaired) electrons. The van der Waals surface area contributed by atoms with E-state index in [0.29, 0.717) is 18.0 Å². The van der Waals surface area contributed by atoms with Gasteiger partial charge in [0.2, 0.25) is 0 Å². The minimum Gasteiger partial charge on any atom is -0.471 e. The zero-order chi connectivity index (χ0) is 18.5. The summed E-state index contributed by atoms with van der Waals surface area (Å²) in [6, 6.07) is 5.55. The Kier molecular flexibility index (Phi) is 3.61. The lowest BCUT2D eigenvalue weighted by molar-refractivity contribution is 0.0792. The highest BCUT2D eigenvalue weighted by molar-refractivity contribution is 5.95. The lowest BCUT2D eigenvalue weighted by Crippen LogP contribution is -2.36. The molecule has 0 spiro atoms. The number of benzene rings is 1. The summed E-state index contributed by atoms with van der Waals surface area (Å²) in [6.07, 6.45) is 7.61. The predicted octanol–water partition coefficient (Wildman–Crippen LogP) is 1.69. The molecular formula is C19H21N5O3. The summed E-state index contributed by atoms with van der Waals surface area (Å²) in [5.74, 6) is 0.783. The SMILES string of the molecule is CN1NC2C=C(N3COc4cc(C(=O)N5CCCC5)ccc43)C=CN2C1=O. The predicted molar refractivity (Wildman–Crippen MR) is 98.7 cm³/mol. The van der Waals surface area contributed by atoms with Crippen molar-refractivity contribution in [1.29, 1.82) is 0 Å². The summed E-state index contributed by atoms with van der Waals surface area (Å²) in [6.45, 7) is 2.04. The molecule has 1 aromatic rings. The normalized spacial score (nSPS) is 23.5. The minimum atomic E-state index is -0.206. The summed E-state index contributed by atoms with van der Waals surface area (Å²) in [7, 11) is 1.70. The first kappa shape index (κ1) is 16.2. The van der Waals surface area contributed by atoms with Gasteiger partial charge in [-0.3, -0.25) is 14.7 Å². The molecule has 4 aliphatic rings. The second-order valence-electron chi connectivity index (χ2n) is 7.11. The number of rotatable bonds is 2. The van der Waals surface area contributed by atoms with Crippen molar-refractivity contribution >= 4 is 17.6 Å². The molecule has 2 fully saturated rings. The Bertz CT molecular complexity index is 874. The van der Waals surface area contributed by atoms with Gasteiger partial charge in [0, 0.05) is 37.6 Å². The van der Waals surface area contributed by atoms with Crippen LogP contribution in [0.4, 0.5) is 10.5 Å². The molecule has 27 heavy (non-hydrogen) atoms. The number of amides is 3. The number of nitrogens with zero attached hydrogens (tertiary/aromatic N) is 4. The monoisotopic (exact) mass is 367 g/mol. The van der Waals surface area contributed by atoms with E-state index in [1.807, 2.05) is 40.2 Å². The van der Waals surface area contributed by atoms with Gasteiger partial charge in [-0.05, 0) is 43.2 Å². The molecule has 8 heteroatoms. The first-order chi connectivity index (χ1) is 13.1. The third-order valence-corrected chi connectivity index (χ3v) is 5.42. The minimum absolute atomic E-state index is 0.0708. The lowest BCUT2D eigenvalue weighted by Gasteiger charge is -2.25. The van der Waals surface area contributed by atoms with Crippen molar-refractivity contribution in [3.05, 3.63) is 47.8 Å². The Morgan fingerprint density at radius 1 is 1.26 bits per heavy atom. The maximum absolute atomic E-state index is 12.6. The van der Waals surface area contributed by atoms with Crippen molar-refractivity contribution in [3.63, 3.8) is 0 Å². The van der Waals surface area contributed by atoms with Crippen molar-refractivity contribution in [2.45, 2.75) is 19.0 Å². The number of likely N-dealkylation sites (tertiary alicyclic amines) is 1. The quantitative estimate of drug-likeness (QED) is 0.862. The molecule has 1 atom stereocenters. The summed E-state index contributed by atoms with van der Waals surface area (Å²) >= 11 is 0. The molecule has 4 heterocycles. The molecule has 0 aromatic heterocycles. The number of nitrogens with one attached hydrogen (secondary N) is 1. The molecule has 0 aliphatic carbocycles. The highest BCUT2D eigenvalue weighted by Crippen LogP contribution is 2.38. The van der Waals surface area contributed by atoms with Crippen molar-refractivity contribution in [2.75, 3.05) is 31.8 Å². The van der Waals surface area contributed by atoms with Gasteiger partial charge in [-0.2, -0.15) is 0 Å². The van der Waals surface area contributed by atoms with Gasteiger partial charge in [0.1, 0.15) is 11.9 Å². The van der Waals surface area contributed by atoms with E-state index in [-0.39, 0.29) is 18.1 Å². The van der Waals surface area contributed by atoms with E-state index in [9.17, 15) is 9.59 Å². The number of allylic oxidation sites excluding steroid dienone is 1. The third kappa shape index (κ3) is 2.56. The first-order valence-electron chi connectivity index (χ1n) is 9.18. The molecule has 5 rings (SSSR count). The summed E-state index contributed by atoms with van der Waals surface area (Å²) in [4.78, 5) is 30.2. The van der Waals surface area contributed by atoms with Crippen molar-refractivity contribution < 1.29 is 14.3 Å². The van der Waals surface area contributed by atoms with Crippen LogP contribution in [0, 0.1) is 0 Å². The van der Waals surface area contributed by atoms with E-state index in [2.05, 4.69) is 5.43 Å². The zero-order valence-corrected chi connectivity index (χ0v) is 15.1. The molecule has 0 bridgehead atoms. The lowest BCUT2D eigenvalue weighted by atomic mass is 10.1. The van der Waals surface area contributed by atoms with Crippen molar-refractivity contribution in [3.8, 4) is 5.75 Å². The average Bonchev–Trinajstić information content (AvgIpc) is 3.40. The summed E-state index contributed by atoms with van der Waals surface area (Å²) in [5, 5.41) is 1.47. The molecule has 1 aromatic carbocycles. The molecule has 3 amide bonds. The number of carbonyl (C=O) groups excluding carboxylic acids is 2. The summed E-state index contributed by atoms with van der Waals surface area (Å²) < 4.78 is 5.84. The van der Waals surface area contributed by atoms with E-state index in [0.717, 1.165) is 37.3 Å². The second kappa shape index (κ2) is 6.02. The van der Waals surface area contributed by atoms with E-state index >= 15 is 0 Å². The smallest absolute Gasteiger partial charge is 0.339 e. The van der Waals surface area contributed by atoms with Crippen LogP contribution in [0.15, 0.2) is 42.2 Å². The zero-order valence-electron chi connectivity index (χ0n) is 15.1. The van der Waals surface area contributed by atoms with Gasteiger partial charge in [-0.1, -0.05) is 0 Å². The molecule has 1 unspecified atom stereocenters. The van der Waals surface area contributed by atoms with Crippen LogP contribution in [0.2, 0.25) is 0 Å². The second-order valence-corrected chi connectivity index (χ2v) is 7.11. The van der Waals surface area contributed by atoms with Crippen LogP contribution < -0.4 is 15.1 Å². The largest absolute Gasteiger partial charge is 0.471 e. The van der Waals surface area contributed by atoms with Gasteiger partial charge < -0.3 is 14.5 Å². The van der Waals surface area contributed by atoms with Gasteiger partial charge in [-0.15, -0.1) is 0 Å². The molecule has 140 valence electrons. The molecule has 2 saturated heterocycles. The fraction of sp³-hybridized carbons (Fsp3) is 0.368. The molecule has 8 nitrogen and oxygen atoms in total. The van der Waals surface area contributed by atoms with Crippen LogP contribution >= 0.6 is 0 Å². The number of anilines is 1. The average molecular weight is 367 g/mol. The van der Waals surface area contributed by atoms with Crippen molar-refractivity contribution in [2.24, 2.45) is 0 Å². The number of fused-ring (bicyclic) bond motifs is 2. The van der Waals surface area contributed by atoms with E-state index in [1.165, 1.54) is 5.01 Å². The van der Waals surface area contributed by atoms with Gasteiger partial charge in [-0.25, -0.2) is 10.2 Å². The van der Waals surface area contributed by atoms with Crippen LogP contribution in [0.25, 0.3) is 0 Å². The highest BCUT2D eigenvalue weighted by atomic mass is 16.5. The number of hydrazine groups is 1. The van der Waals surface area contributed by atoms with E-state index < -0.39 is 0 Å². The molecule has 1 N–H and O–H groups in total. The van der Waals surface area contributed by atoms with E-state index in [4.69, 9.17) is 4.74 Å². The van der Waals surface area contributed by atoms with Gasteiger partial charge in [0.05, 0.1) is 5.69 Å². The number of hydrogen-bond acceptors (Lipinski definition) is 5. The molecular weight excluding hydrogens is 346 g/mol. The molecule has 4 aliphatic heterocycles. The van der Waals surface area contributed by atoms with Crippen LogP contribution in [-0.4, -0.2) is 59.8 Å². The Hall–Kier alpha value is -3.00. The number of hydrogen-bond donors (Lipinski definition) is 1. The third-order valence-electron chi connectivity index (χ3n) is 5.42.